The molecule has 0 radical (unpaired) electrons. The lowest BCUT2D eigenvalue weighted by Crippen LogP contribution is -2.47. The van der Waals surface area contributed by atoms with Crippen molar-refractivity contribution in [1.29, 1.82) is 0 Å². The third-order valence-electron chi connectivity index (χ3n) is 7.41. The minimum Gasteiger partial charge on any atom is -0.389 e. The summed E-state index contributed by atoms with van der Waals surface area (Å²) >= 11 is 0. The summed E-state index contributed by atoms with van der Waals surface area (Å²) in [4.78, 5) is 0. The maximum absolute atomic E-state index is 11.5. The van der Waals surface area contributed by atoms with Crippen LogP contribution < -0.4 is 0 Å². The molecule has 0 aromatic carbocycles. The third kappa shape index (κ3) is 1.24. The molecule has 0 heterocycles. The summed E-state index contributed by atoms with van der Waals surface area (Å²) in [5.74, 6) is 1.08. The second kappa shape index (κ2) is 3.59. The van der Waals surface area contributed by atoms with Crippen molar-refractivity contribution in [3.05, 3.63) is 23.8 Å². The molecular formula is C18H26O2. The highest BCUT2D eigenvalue weighted by molar-refractivity contribution is 5.35. The summed E-state index contributed by atoms with van der Waals surface area (Å²) in [6.07, 6.45) is 7.72. The Hall–Kier alpha value is -0.600. The molecule has 20 heavy (non-hydrogen) atoms. The Balaban J connectivity index is 1.86. The van der Waals surface area contributed by atoms with Crippen LogP contribution in [0.3, 0.4) is 0 Å². The minimum atomic E-state index is -0.647. The molecule has 0 amide bonds. The van der Waals surface area contributed by atoms with Crippen molar-refractivity contribution in [2.45, 2.75) is 63.6 Å². The van der Waals surface area contributed by atoms with Crippen molar-refractivity contribution >= 4 is 0 Å². The van der Waals surface area contributed by atoms with Gasteiger partial charge >= 0.3 is 0 Å². The van der Waals surface area contributed by atoms with Gasteiger partial charge in [-0.2, -0.15) is 0 Å². The van der Waals surface area contributed by atoms with Gasteiger partial charge in [-0.15, -0.1) is 0 Å². The van der Waals surface area contributed by atoms with Crippen molar-refractivity contribution in [2.24, 2.45) is 23.2 Å². The molecule has 2 N–H and O–H groups in total. The van der Waals surface area contributed by atoms with Gasteiger partial charge in [0.05, 0.1) is 11.2 Å². The van der Waals surface area contributed by atoms with Crippen LogP contribution in [-0.4, -0.2) is 21.4 Å². The van der Waals surface area contributed by atoms with E-state index in [-0.39, 0.29) is 11.3 Å². The van der Waals surface area contributed by atoms with E-state index in [4.69, 9.17) is 0 Å². The lowest BCUT2D eigenvalue weighted by Gasteiger charge is -2.45. The maximum Gasteiger partial charge on any atom is 0.0860 e. The molecule has 0 aromatic rings. The summed E-state index contributed by atoms with van der Waals surface area (Å²) in [6, 6.07) is 0. The van der Waals surface area contributed by atoms with E-state index in [1.165, 1.54) is 5.57 Å². The molecule has 2 bridgehead atoms. The van der Waals surface area contributed by atoms with Gasteiger partial charge in [0.2, 0.25) is 0 Å². The highest BCUT2D eigenvalue weighted by Crippen LogP contribution is 2.73. The molecule has 3 saturated carbocycles. The third-order valence-corrected chi connectivity index (χ3v) is 7.41. The first-order valence-electron chi connectivity index (χ1n) is 8.13. The van der Waals surface area contributed by atoms with Crippen LogP contribution in [0.15, 0.2) is 23.8 Å². The quantitative estimate of drug-likeness (QED) is 0.666. The van der Waals surface area contributed by atoms with Gasteiger partial charge in [0.1, 0.15) is 0 Å². The first-order chi connectivity index (χ1) is 9.33. The number of aliphatic hydroxyl groups is 2. The molecule has 4 aliphatic carbocycles. The van der Waals surface area contributed by atoms with Crippen LogP contribution in [0.4, 0.5) is 0 Å². The van der Waals surface area contributed by atoms with Crippen molar-refractivity contribution < 1.29 is 10.2 Å². The number of hydrogen-bond donors (Lipinski definition) is 2. The summed E-state index contributed by atoms with van der Waals surface area (Å²) < 4.78 is 0. The van der Waals surface area contributed by atoms with Gasteiger partial charge in [-0.05, 0) is 68.3 Å². The maximum atomic E-state index is 11.5. The number of rotatable bonds is 0. The average molecular weight is 274 g/mol. The summed E-state index contributed by atoms with van der Waals surface area (Å²) in [6.45, 7) is 8.67. The first-order valence-corrected chi connectivity index (χ1v) is 8.13. The van der Waals surface area contributed by atoms with Gasteiger partial charge in [-0.25, -0.2) is 0 Å². The Bertz CT molecular complexity index is 522. The molecule has 3 fully saturated rings. The lowest BCUT2D eigenvalue weighted by atomic mass is 9.62. The summed E-state index contributed by atoms with van der Waals surface area (Å²) in [7, 11) is 0. The predicted molar refractivity (Wildman–Crippen MR) is 79.1 cm³/mol. The molecule has 6 atom stereocenters. The van der Waals surface area contributed by atoms with Gasteiger partial charge in [0.25, 0.3) is 0 Å². The molecule has 0 aliphatic heterocycles. The van der Waals surface area contributed by atoms with Crippen molar-refractivity contribution in [3.8, 4) is 0 Å². The molecule has 2 heteroatoms. The Labute approximate surface area is 121 Å². The van der Waals surface area contributed by atoms with Gasteiger partial charge in [0.15, 0.2) is 0 Å². The summed E-state index contributed by atoms with van der Waals surface area (Å²) in [5.41, 5.74) is 1.30. The standard InChI is InChI=1S/C18H26O2/c1-11-5-4-7-18(20)14-6-8-17(19)10-16(14,9-12(17)2)13(3)15(11)18/h5,13-15,19-20H,2,4,6-10H2,1,3H3. The summed E-state index contributed by atoms with van der Waals surface area (Å²) in [5, 5.41) is 22.3. The largest absolute Gasteiger partial charge is 0.389 e. The van der Waals surface area contributed by atoms with Gasteiger partial charge in [0, 0.05) is 5.92 Å². The Morgan fingerprint density at radius 1 is 1.30 bits per heavy atom. The van der Waals surface area contributed by atoms with Crippen LogP contribution in [-0.2, 0) is 0 Å². The van der Waals surface area contributed by atoms with E-state index in [9.17, 15) is 10.2 Å². The van der Waals surface area contributed by atoms with Crippen LogP contribution in [0.1, 0.15) is 52.4 Å². The zero-order valence-electron chi connectivity index (χ0n) is 12.7. The Morgan fingerprint density at radius 2 is 2.05 bits per heavy atom. The van der Waals surface area contributed by atoms with E-state index in [1.54, 1.807) is 0 Å². The van der Waals surface area contributed by atoms with E-state index in [0.717, 1.165) is 44.1 Å². The smallest absolute Gasteiger partial charge is 0.0860 e. The number of allylic oxidation sites excluding steroid dienone is 1. The molecule has 6 unspecified atom stereocenters. The molecule has 2 nitrogen and oxygen atoms in total. The second-order valence-electron chi connectivity index (χ2n) is 8.06. The lowest BCUT2D eigenvalue weighted by molar-refractivity contribution is -0.0871. The molecule has 110 valence electrons. The highest BCUT2D eigenvalue weighted by atomic mass is 16.3. The number of hydrogen-bond acceptors (Lipinski definition) is 2. The van der Waals surface area contributed by atoms with Gasteiger partial charge in [-0.1, -0.05) is 25.2 Å². The monoisotopic (exact) mass is 274 g/mol. The Morgan fingerprint density at radius 3 is 2.80 bits per heavy atom. The molecule has 4 aliphatic rings. The van der Waals surface area contributed by atoms with Crippen LogP contribution >= 0.6 is 0 Å². The van der Waals surface area contributed by atoms with Crippen molar-refractivity contribution in [2.75, 3.05) is 0 Å². The van der Waals surface area contributed by atoms with Crippen LogP contribution in [0, 0.1) is 23.2 Å². The van der Waals surface area contributed by atoms with Crippen molar-refractivity contribution in [1.82, 2.24) is 0 Å². The van der Waals surface area contributed by atoms with E-state index < -0.39 is 11.2 Å². The Kier molecular flexibility index (Phi) is 2.35. The highest BCUT2D eigenvalue weighted by Gasteiger charge is 2.71. The van der Waals surface area contributed by atoms with E-state index in [0.29, 0.717) is 11.8 Å². The van der Waals surface area contributed by atoms with E-state index in [2.05, 4.69) is 26.5 Å². The molecule has 1 spiro atoms. The molecule has 0 saturated heterocycles. The van der Waals surface area contributed by atoms with Crippen LogP contribution in [0.5, 0.6) is 0 Å². The van der Waals surface area contributed by atoms with Gasteiger partial charge in [-0.3, -0.25) is 0 Å². The predicted octanol–water partition coefficient (Wildman–Crippen LogP) is 3.20. The van der Waals surface area contributed by atoms with Crippen molar-refractivity contribution in [3.63, 3.8) is 0 Å². The van der Waals surface area contributed by atoms with Crippen LogP contribution in [0.25, 0.3) is 0 Å². The fourth-order valence-electron chi connectivity index (χ4n) is 6.62. The molecule has 4 rings (SSSR count). The van der Waals surface area contributed by atoms with Gasteiger partial charge < -0.3 is 10.2 Å². The first kappa shape index (κ1) is 13.1. The van der Waals surface area contributed by atoms with E-state index >= 15 is 0 Å². The average Bonchev–Trinajstić information content (AvgIpc) is 2.67. The zero-order chi connectivity index (χ0) is 14.3. The normalized spacial score (nSPS) is 57.3. The topological polar surface area (TPSA) is 40.5 Å². The fraction of sp³-hybridized carbons (Fsp3) is 0.778. The molecular weight excluding hydrogens is 248 g/mol. The fourth-order valence-corrected chi connectivity index (χ4v) is 6.62. The minimum absolute atomic E-state index is 0.0862. The zero-order valence-corrected chi connectivity index (χ0v) is 12.7. The second-order valence-corrected chi connectivity index (χ2v) is 8.06. The van der Waals surface area contributed by atoms with Crippen LogP contribution in [0.2, 0.25) is 0 Å². The molecule has 0 aromatic heterocycles. The number of fused-ring (bicyclic) bond motifs is 3. The van der Waals surface area contributed by atoms with E-state index in [1.807, 2.05) is 0 Å². The SMILES string of the molecule is C=C1CC23CC1(O)CCC2C1(O)CCC=C(C)C1C3C.